The van der Waals surface area contributed by atoms with Gasteiger partial charge in [0.15, 0.2) is 0 Å². The molecule has 0 spiro atoms. The van der Waals surface area contributed by atoms with Crippen molar-refractivity contribution in [3.63, 3.8) is 0 Å². The molecule has 0 aromatic heterocycles. The van der Waals surface area contributed by atoms with Crippen LogP contribution >= 0.6 is 0 Å². The summed E-state index contributed by atoms with van der Waals surface area (Å²) in [5, 5.41) is 3.75. The summed E-state index contributed by atoms with van der Waals surface area (Å²) in [5.41, 5.74) is 2.73. The Balaban J connectivity index is 2.09. The Morgan fingerprint density at radius 1 is 0.842 bits per heavy atom. The molecule has 2 rings (SSSR count). The van der Waals surface area contributed by atoms with Crippen LogP contribution in [0.5, 0.6) is 0 Å². The van der Waals surface area contributed by atoms with E-state index in [1.54, 1.807) is 0 Å². The Bertz CT molecular complexity index is 464. The van der Waals surface area contributed by atoms with Crippen LogP contribution in [0.1, 0.15) is 49.9 Å². The minimum Gasteiger partial charge on any atom is -0.303 e. The SMILES string of the molecule is CCCC(N[C@H](C)c1ccccc1)c1ccccc1. The van der Waals surface area contributed by atoms with Gasteiger partial charge in [0.25, 0.3) is 0 Å². The molecule has 0 fully saturated rings. The first-order chi connectivity index (χ1) is 9.31. The third kappa shape index (κ3) is 3.93. The summed E-state index contributed by atoms with van der Waals surface area (Å²) in [6, 6.07) is 22.2. The van der Waals surface area contributed by atoms with Crippen LogP contribution in [0.4, 0.5) is 0 Å². The van der Waals surface area contributed by atoms with E-state index in [0.29, 0.717) is 12.1 Å². The van der Waals surface area contributed by atoms with E-state index < -0.39 is 0 Å². The molecule has 0 amide bonds. The van der Waals surface area contributed by atoms with E-state index in [2.05, 4.69) is 79.8 Å². The summed E-state index contributed by atoms with van der Waals surface area (Å²) in [6.07, 6.45) is 2.36. The highest BCUT2D eigenvalue weighted by Crippen LogP contribution is 2.23. The molecule has 0 aliphatic heterocycles. The first kappa shape index (κ1) is 13.8. The fourth-order valence-electron chi connectivity index (χ4n) is 2.46. The third-order valence-corrected chi connectivity index (χ3v) is 3.53. The van der Waals surface area contributed by atoms with Crippen molar-refractivity contribution in [3.05, 3.63) is 71.8 Å². The molecule has 0 bridgehead atoms. The highest BCUT2D eigenvalue weighted by atomic mass is 14.9. The molecule has 1 unspecified atom stereocenters. The molecule has 100 valence electrons. The summed E-state index contributed by atoms with van der Waals surface area (Å²) in [4.78, 5) is 0. The molecule has 0 saturated carbocycles. The topological polar surface area (TPSA) is 12.0 Å². The molecular weight excluding hydrogens is 230 g/mol. The van der Waals surface area contributed by atoms with Crippen molar-refractivity contribution in [2.75, 3.05) is 0 Å². The highest BCUT2D eigenvalue weighted by Gasteiger charge is 2.14. The van der Waals surface area contributed by atoms with Gasteiger partial charge in [-0.15, -0.1) is 0 Å². The normalized spacial score (nSPS) is 14.0. The lowest BCUT2D eigenvalue weighted by atomic mass is 10.00. The second kappa shape index (κ2) is 7.10. The number of rotatable bonds is 6. The first-order valence-corrected chi connectivity index (χ1v) is 7.17. The predicted octanol–water partition coefficient (Wildman–Crippen LogP) is 4.88. The van der Waals surface area contributed by atoms with Crippen molar-refractivity contribution in [2.45, 2.75) is 38.8 Å². The van der Waals surface area contributed by atoms with Crippen molar-refractivity contribution < 1.29 is 0 Å². The predicted molar refractivity (Wildman–Crippen MR) is 82.1 cm³/mol. The zero-order valence-corrected chi connectivity index (χ0v) is 11.8. The molecule has 19 heavy (non-hydrogen) atoms. The molecule has 0 saturated heterocycles. The molecule has 0 radical (unpaired) electrons. The maximum atomic E-state index is 3.75. The fourth-order valence-corrected chi connectivity index (χ4v) is 2.46. The monoisotopic (exact) mass is 253 g/mol. The van der Waals surface area contributed by atoms with Gasteiger partial charge in [0.1, 0.15) is 0 Å². The zero-order chi connectivity index (χ0) is 13.5. The third-order valence-electron chi connectivity index (χ3n) is 3.53. The molecule has 0 aliphatic carbocycles. The summed E-state index contributed by atoms with van der Waals surface area (Å²) >= 11 is 0. The number of nitrogens with one attached hydrogen (secondary N) is 1. The Morgan fingerprint density at radius 2 is 1.37 bits per heavy atom. The van der Waals surface area contributed by atoms with Gasteiger partial charge in [0, 0.05) is 12.1 Å². The van der Waals surface area contributed by atoms with Gasteiger partial charge in [-0.1, -0.05) is 74.0 Å². The van der Waals surface area contributed by atoms with Crippen molar-refractivity contribution >= 4 is 0 Å². The number of hydrogen-bond acceptors (Lipinski definition) is 1. The van der Waals surface area contributed by atoms with Gasteiger partial charge in [-0.3, -0.25) is 0 Å². The summed E-state index contributed by atoms with van der Waals surface area (Å²) in [6.45, 7) is 4.48. The van der Waals surface area contributed by atoms with Gasteiger partial charge >= 0.3 is 0 Å². The average Bonchev–Trinajstić information content (AvgIpc) is 2.48. The Hall–Kier alpha value is -1.60. The van der Waals surface area contributed by atoms with Crippen molar-refractivity contribution in [3.8, 4) is 0 Å². The molecule has 2 aromatic rings. The van der Waals surface area contributed by atoms with E-state index in [1.165, 1.54) is 24.0 Å². The zero-order valence-electron chi connectivity index (χ0n) is 11.8. The summed E-state index contributed by atoms with van der Waals surface area (Å²) in [7, 11) is 0. The highest BCUT2D eigenvalue weighted by molar-refractivity contribution is 5.22. The largest absolute Gasteiger partial charge is 0.303 e. The van der Waals surface area contributed by atoms with Crippen LogP contribution in [0.2, 0.25) is 0 Å². The molecule has 0 heterocycles. The van der Waals surface area contributed by atoms with Crippen molar-refractivity contribution in [1.29, 1.82) is 0 Å². The minimum atomic E-state index is 0.373. The van der Waals surface area contributed by atoms with Crippen molar-refractivity contribution in [1.82, 2.24) is 5.32 Å². The molecule has 1 nitrogen and oxygen atoms in total. The van der Waals surface area contributed by atoms with Crippen molar-refractivity contribution in [2.24, 2.45) is 0 Å². The van der Waals surface area contributed by atoms with E-state index in [-0.39, 0.29) is 0 Å². The maximum absolute atomic E-state index is 3.75. The lowest BCUT2D eigenvalue weighted by Crippen LogP contribution is -2.24. The van der Waals surface area contributed by atoms with Crippen LogP contribution in [0, 0.1) is 0 Å². The summed E-state index contributed by atoms with van der Waals surface area (Å²) < 4.78 is 0. The Kier molecular flexibility index (Phi) is 5.17. The van der Waals surface area contributed by atoms with E-state index in [4.69, 9.17) is 0 Å². The van der Waals surface area contributed by atoms with Gasteiger partial charge in [0.2, 0.25) is 0 Å². The van der Waals surface area contributed by atoms with Gasteiger partial charge in [0.05, 0.1) is 0 Å². The fraction of sp³-hybridized carbons (Fsp3) is 0.333. The molecule has 1 heteroatoms. The van der Waals surface area contributed by atoms with Gasteiger partial charge in [-0.25, -0.2) is 0 Å². The second-order valence-corrected chi connectivity index (χ2v) is 5.05. The van der Waals surface area contributed by atoms with E-state index in [9.17, 15) is 0 Å². The lowest BCUT2D eigenvalue weighted by Gasteiger charge is -2.24. The van der Waals surface area contributed by atoms with E-state index in [0.717, 1.165) is 0 Å². The van der Waals surface area contributed by atoms with Gasteiger partial charge < -0.3 is 5.32 Å². The Morgan fingerprint density at radius 3 is 1.89 bits per heavy atom. The van der Waals surface area contributed by atoms with Crippen LogP contribution in [0.3, 0.4) is 0 Å². The lowest BCUT2D eigenvalue weighted by molar-refractivity contribution is 0.439. The summed E-state index contributed by atoms with van der Waals surface area (Å²) in [5.74, 6) is 0. The van der Waals surface area contributed by atoms with Crippen LogP contribution in [-0.4, -0.2) is 0 Å². The molecule has 2 aromatic carbocycles. The molecular formula is C18H23N. The van der Waals surface area contributed by atoms with Crippen LogP contribution < -0.4 is 5.32 Å². The van der Waals surface area contributed by atoms with Crippen LogP contribution in [-0.2, 0) is 0 Å². The number of hydrogen-bond donors (Lipinski definition) is 1. The van der Waals surface area contributed by atoms with Crippen LogP contribution in [0.15, 0.2) is 60.7 Å². The van der Waals surface area contributed by atoms with Gasteiger partial charge in [-0.05, 0) is 24.5 Å². The van der Waals surface area contributed by atoms with E-state index in [1.807, 2.05) is 0 Å². The first-order valence-electron chi connectivity index (χ1n) is 7.17. The maximum Gasteiger partial charge on any atom is 0.0325 e. The number of benzene rings is 2. The second-order valence-electron chi connectivity index (χ2n) is 5.05. The smallest absolute Gasteiger partial charge is 0.0325 e. The minimum absolute atomic E-state index is 0.373. The van der Waals surface area contributed by atoms with Crippen LogP contribution in [0.25, 0.3) is 0 Å². The van der Waals surface area contributed by atoms with E-state index >= 15 is 0 Å². The quantitative estimate of drug-likeness (QED) is 0.773. The standard InChI is InChI=1S/C18H23N/c1-3-10-18(17-13-8-5-9-14-17)19-15(2)16-11-6-4-7-12-16/h4-9,11-15,18-19H,3,10H2,1-2H3/t15-,18?/m1/s1. The molecule has 2 atom stereocenters. The molecule has 0 aliphatic rings. The molecule has 1 N–H and O–H groups in total. The Labute approximate surface area is 116 Å². The van der Waals surface area contributed by atoms with Gasteiger partial charge in [-0.2, -0.15) is 0 Å². The average molecular weight is 253 g/mol.